The molecule has 1 heterocycles. The molecule has 0 aromatic heterocycles. The SMILES string of the molecule is OC1COCCOCCOCCOCCOCC(O)N(Cc2ccccc2)C1. The van der Waals surface area contributed by atoms with Gasteiger partial charge in [0.2, 0.25) is 0 Å². The molecule has 2 atom stereocenters. The molecule has 0 amide bonds. The van der Waals surface area contributed by atoms with E-state index < -0.39 is 12.3 Å². The summed E-state index contributed by atoms with van der Waals surface area (Å²) in [5.41, 5.74) is 1.05. The number of rotatable bonds is 2. The van der Waals surface area contributed by atoms with Crippen molar-refractivity contribution in [2.75, 3.05) is 72.6 Å². The first kappa shape index (κ1) is 23.2. The fourth-order valence-electron chi connectivity index (χ4n) is 2.72. The Labute approximate surface area is 166 Å². The van der Waals surface area contributed by atoms with Gasteiger partial charge in [-0.2, -0.15) is 0 Å². The van der Waals surface area contributed by atoms with Gasteiger partial charge in [-0.05, 0) is 5.56 Å². The summed E-state index contributed by atoms with van der Waals surface area (Å²) in [4.78, 5) is 1.78. The molecule has 0 radical (unpaired) electrons. The lowest BCUT2D eigenvalue weighted by molar-refractivity contribution is -0.0905. The molecule has 1 aliphatic rings. The van der Waals surface area contributed by atoms with E-state index in [1.54, 1.807) is 4.90 Å². The highest BCUT2D eigenvalue weighted by Gasteiger charge is 2.20. The summed E-state index contributed by atoms with van der Waals surface area (Å²) in [5.74, 6) is 0. The predicted octanol–water partition coefficient (Wildman–Crippen LogP) is 0.265. The average Bonchev–Trinajstić information content (AvgIpc) is 2.70. The first-order valence-electron chi connectivity index (χ1n) is 9.78. The van der Waals surface area contributed by atoms with Gasteiger partial charge in [0, 0.05) is 13.1 Å². The van der Waals surface area contributed by atoms with Gasteiger partial charge in [0.1, 0.15) is 6.23 Å². The minimum atomic E-state index is -0.844. The molecule has 1 aromatic carbocycles. The van der Waals surface area contributed by atoms with Crippen molar-refractivity contribution in [2.24, 2.45) is 0 Å². The molecule has 8 heteroatoms. The highest BCUT2D eigenvalue weighted by atomic mass is 16.6. The van der Waals surface area contributed by atoms with E-state index in [0.717, 1.165) is 5.56 Å². The van der Waals surface area contributed by atoms with Gasteiger partial charge in [-0.1, -0.05) is 30.3 Å². The summed E-state index contributed by atoms with van der Waals surface area (Å²) >= 11 is 0. The van der Waals surface area contributed by atoms with Crippen LogP contribution >= 0.6 is 0 Å². The van der Waals surface area contributed by atoms with Gasteiger partial charge in [-0.3, -0.25) is 4.90 Å². The lowest BCUT2D eigenvalue weighted by Gasteiger charge is -2.29. The molecule has 2 N–H and O–H groups in total. The summed E-state index contributed by atoms with van der Waals surface area (Å²) in [6.45, 7) is 4.70. The normalized spacial score (nSPS) is 26.1. The number of ether oxygens (including phenoxy) is 5. The Morgan fingerprint density at radius 3 is 1.79 bits per heavy atom. The molecule has 2 unspecified atom stereocenters. The summed E-state index contributed by atoms with van der Waals surface area (Å²) in [6, 6.07) is 9.81. The monoisotopic (exact) mass is 399 g/mol. The van der Waals surface area contributed by atoms with Crippen LogP contribution in [0.4, 0.5) is 0 Å². The largest absolute Gasteiger partial charge is 0.389 e. The molecule has 0 saturated carbocycles. The zero-order valence-electron chi connectivity index (χ0n) is 16.4. The summed E-state index contributed by atoms with van der Waals surface area (Å²) in [5, 5.41) is 20.9. The lowest BCUT2D eigenvalue weighted by Crippen LogP contribution is -2.44. The number of aliphatic hydroxyl groups is 2. The molecule has 28 heavy (non-hydrogen) atoms. The average molecular weight is 399 g/mol. The Bertz CT molecular complexity index is 491. The molecule has 8 nitrogen and oxygen atoms in total. The quantitative estimate of drug-likeness (QED) is 0.732. The van der Waals surface area contributed by atoms with Crippen LogP contribution in [0.3, 0.4) is 0 Å². The maximum Gasteiger partial charge on any atom is 0.131 e. The molecule has 0 spiro atoms. The Morgan fingerprint density at radius 1 is 0.714 bits per heavy atom. The van der Waals surface area contributed by atoms with E-state index in [9.17, 15) is 10.2 Å². The summed E-state index contributed by atoms with van der Waals surface area (Å²) in [6.07, 6.45) is -1.57. The summed E-state index contributed by atoms with van der Waals surface area (Å²) in [7, 11) is 0. The van der Waals surface area contributed by atoms with Crippen LogP contribution in [0.1, 0.15) is 5.56 Å². The van der Waals surface area contributed by atoms with Crippen LogP contribution < -0.4 is 0 Å². The molecule has 1 fully saturated rings. The second-order valence-electron chi connectivity index (χ2n) is 6.54. The van der Waals surface area contributed by atoms with Crippen LogP contribution in [0.25, 0.3) is 0 Å². The first-order chi connectivity index (χ1) is 13.8. The Balaban J connectivity index is 1.87. The maximum atomic E-state index is 10.5. The van der Waals surface area contributed by atoms with Crippen molar-refractivity contribution in [3.8, 4) is 0 Å². The highest BCUT2D eigenvalue weighted by molar-refractivity contribution is 5.14. The Kier molecular flexibility index (Phi) is 12.3. The van der Waals surface area contributed by atoms with Gasteiger partial charge in [-0.15, -0.1) is 0 Å². The smallest absolute Gasteiger partial charge is 0.131 e. The predicted molar refractivity (Wildman–Crippen MR) is 103 cm³/mol. The van der Waals surface area contributed by atoms with Gasteiger partial charge >= 0.3 is 0 Å². The number of β-amino-alcohol motifs (C(OH)–C–C–N with tert-alkyl or cyclic N) is 1. The molecule has 2 rings (SSSR count). The number of aliphatic hydroxyl groups excluding tert-OH is 2. The van der Waals surface area contributed by atoms with E-state index in [1.165, 1.54) is 0 Å². The lowest BCUT2D eigenvalue weighted by atomic mass is 10.2. The van der Waals surface area contributed by atoms with Gasteiger partial charge in [0.15, 0.2) is 0 Å². The fraction of sp³-hybridized carbons (Fsp3) is 0.700. The van der Waals surface area contributed by atoms with Gasteiger partial charge in [0.25, 0.3) is 0 Å². The molecule has 1 aromatic rings. The van der Waals surface area contributed by atoms with E-state index in [-0.39, 0.29) is 19.8 Å². The maximum absolute atomic E-state index is 10.5. The van der Waals surface area contributed by atoms with Gasteiger partial charge in [-0.25, -0.2) is 0 Å². The zero-order valence-corrected chi connectivity index (χ0v) is 16.4. The number of hydrogen-bond donors (Lipinski definition) is 2. The van der Waals surface area contributed by atoms with Crippen molar-refractivity contribution >= 4 is 0 Å². The molecule has 1 saturated heterocycles. The van der Waals surface area contributed by atoms with E-state index in [2.05, 4.69) is 0 Å². The van der Waals surface area contributed by atoms with E-state index in [0.29, 0.717) is 59.4 Å². The molecule has 1 aliphatic heterocycles. The Hall–Kier alpha value is -1.10. The van der Waals surface area contributed by atoms with Gasteiger partial charge in [0.05, 0.1) is 72.2 Å². The standard InChI is InChI=1S/C20H33NO7/c22-19-15-21(14-18-4-2-1-3-5-18)20(23)17-28-13-11-26-9-7-24-6-8-25-10-12-27-16-19/h1-5,19-20,22-23H,6-17H2. The second kappa shape index (κ2) is 14.8. The van der Waals surface area contributed by atoms with Crippen molar-refractivity contribution < 1.29 is 33.9 Å². The van der Waals surface area contributed by atoms with Crippen molar-refractivity contribution in [3.63, 3.8) is 0 Å². The van der Waals surface area contributed by atoms with E-state index in [4.69, 9.17) is 23.7 Å². The first-order valence-corrected chi connectivity index (χ1v) is 9.78. The number of hydrogen-bond acceptors (Lipinski definition) is 8. The minimum absolute atomic E-state index is 0.133. The van der Waals surface area contributed by atoms with E-state index in [1.807, 2.05) is 30.3 Å². The molecule has 0 bridgehead atoms. The molecule has 0 aliphatic carbocycles. The van der Waals surface area contributed by atoms with Crippen LogP contribution in [-0.4, -0.2) is 100 Å². The summed E-state index contributed by atoms with van der Waals surface area (Å²) < 4.78 is 27.2. The van der Waals surface area contributed by atoms with Crippen molar-refractivity contribution in [2.45, 2.75) is 18.9 Å². The highest BCUT2D eigenvalue weighted by Crippen LogP contribution is 2.09. The van der Waals surface area contributed by atoms with Crippen molar-refractivity contribution in [1.82, 2.24) is 4.90 Å². The van der Waals surface area contributed by atoms with Crippen LogP contribution in [0.15, 0.2) is 30.3 Å². The fourth-order valence-corrected chi connectivity index (χ4v) is 2.72. The molecule has 160 valence electrons. The third kappa shape index (κ3) is 10.4. The van der Waals surface area contributed by atoms with Gasteiger partial charge < -0.3 is 33.9 Å². The number of benzene rings is 1. The third-order valence-electron chi connectivity index (χ3n) is 4.16. The van der Waals surface area contributed by atoms with E-state index >= 15 is 0 Å². The van der Waals surface area contributed by atoms with Crippen LogP contribution in [0, 0.1) is 0 Å². The Morgan fingerprint density at radius 2 is 1.21 bits per heavy atom. The topological polar surface area (TPSA) is 89.9 Å². The molecular formula is C20H33NO7. The van der Waals surface area contributed by atoms with Crippen LogP contribution in [0.5, 0.6) is 0 Å². The van der Waals surface area contributed by atoms with Crippen LogP contribution in [0.2, 0.25) is 0 Å². The van der Waals surface area contributed by atoms with Crippen molar-refractivity contribution in [3.05, 3.63) is 35.9 Å². The zero-order chi connectivity index (χ0) is 19.9. The van der Waals surface area contributed by atoms with Crippen molar-refractivity contribution in [1.29, 1.82) is 0 Å². The third-order valence-corrected chi connectivity index (χ3v) is 4.16. The van der Waals surface area contributed by atoms with Crippen LogP contribution in [-0.2, 0) is 30.2 Å². The molecular weight excluding hydrogens is 366 g/mol. The number of nitrogens with zero attached hydrogens (tertiary/aromatic N) is 1. The second-order valence-corrected chi connectivity index (χ2v) is 6.54. The minimum Gasteiger partial charge on any atom is -0.389 e.